The second-order valence-electron chi connectivity index (χ2n) is 2.98. The highest BCUT2D eigenvalue weighted by Crippen LogP contribution is 1.95. The van der Waals surface area contributed by atoms with Gasteiger partial charge in [0, 0.05) is 25.8 Å². The van der Waals surface area contributed by atoms with Gasteiger partial charge in [0.15, 0.2) is 0 Å². The van der Waals surface area contributed by atoms with Crippen LogP contribution >= 0.6 is 0 Å². The minimum atomic E-state index is -0.909. The molecule has 0 bridgehead atoms. The molecule has 0 rings (SSSR count). The fourth-order valence-electron chi connectivity index (χ4n) is 0.868. The second kappa shape index (κ2) is 6.62. The van der Waals surface area contributed by atoms with Gasteiger partial charge in [-0.3, -0.25) is 4.90 Å². The Kier molecular flexibility index (Phi) is 6.18. The summed E-state index contributed by atoms with van der Waals surface area (Å²) < 4.78 is 4.97. The zero-order valence-corrected chi connectivity index (χ0v) is 8.36. The first kappa shape index (κ1) is 12.1. The highest BCUT2D eigenvalue weighted by atomic mass is 16.5. The van der Waals surface area contributed by atoms with Crippen LogP contribution in [0.25, 0.3) is 0 Å². The average molecular weight is 187 g/mol. The quantitative estimate of drug-likeness (QED) is 0.618. The van der Waals surface area contributed by atoms with Crippen molar-refractivity contribution in [2.75, 3.05) is 27.3 Å². The van der Waals surface area contributed by atoms with Crippen molar-refractivity contribution in [1.29, 1.82) is 0 Å². The highest BCUT2D eigenvalue weighted by Gasteiger charge is 2.05. The van der Waals surface area contributed by atoms with Gasteiger partial charge in [-0.05, 0) is 14.0 Å². The monoisotopic (exact) mass is 187 g/mol. The number of rotatable bonds is 6. The van der Waals surface area contributed by atoms with Crippen LogP contribution in [0.1, 0.15) is 6.92 Å². The van der Waals surface area contributed by atoms with Crippen molar-refractivity contribution in [1.82, 2.24) is 4.90 Å². The second-order valence-corrected chi connectivity index (χ2v) is 2.98. The Bertz CT molecular complexity index is 180. The van der Waals surface area contributed by atoms with Crippen LogP contribution < -0.4 is 0 Å². The normalized spacial score (nSPS) is 13.8. The molecule has 0 saturated carbocycles. The first-order valence-electron chi connectivity index (χ1n) is 4.16. The summed E-state index contributed by atoms with van der Waals surface area (Å²) in [5.74, 6) is -0.909. The lowest BCUT2D eigenvalue weighted by molar-refractivity contribution is -0.131. The molecule has 0 aromatic heterocycles. The molecule has 0 aliphatic rings. The van der Waals surface area contributed by atoms with E-state index in [0.717, 1.165) is 6.08 Å². The van der Waals surface area contributed by atoms with Crippen LogP contribution in [-0.2, 0) is 9.53 Å². The molecule has 1 atom stereocenters. The molecule has 4 heteroatoms. The molecular formula is C9H17NO3. The van der Waals surface area contributed by atoms with Gasteiger partial charge in [0.2, 0.25) is 0 Å². The van der Waals surface area contributed by atoms with Gasteiger partial charge < -0.3 is 9.84 Å². The number of methoxy groups -OCH3 is 1. The van der Waals surface area contributed by atoms with E-state index >= 15 is 0 Å². The maximum atomic E-state index is 10.1. The molecule has 0 saturated heterocycles. The van der Waals surface area contributed by atoms with Crippen molar-refractivity contribution in [3.05, 3.63) is 12.2 Å². The fourth-order valence-corrected chi connectivity index (χ4v) is 0.868. The predicted octanol–water partition coefficient (Wildman–Crippen LogP) is 0.594. The Morgan fingerprint density at radius 3 is 2.77 bits per heavy atom. The number of ether oxygens (including phenoxy) is 1. The first-order chi connectivity index (χ1) is 6.07. The van der Waals surface area contributed by atoms with Crippen LogP contribution in [0.15, 0.2) is 12.2 Å². The van der Waals surface area contributed by atoms with E-state index in [1.807, 2.05) is 18.9 Å². The predicted molar refractivity (Wildman–Crippen MR) is 50.7 cm³/mol. The van der Waals surface area contributed by atoms with Gasteiger partial charge in [0.05, 0.1) is 6.61 Å². The molecule has 0 fully saturated rings. The van der Waals surface area contributed by atoms with Gasteiger partial charge >= 0.3 is 5.97 Å². The molecule has 13 heavy (non-hydrogen) atoms. The number of likely N-dealkylation sites (N-methyl/N-ethyl adjacent to an activating group) is 1. The van der Waals surface area contributed by atoms with Crippen molar-refractivity contribution in [2.45, 2.75) is 13.0 Å². The topological polar surface area (TPSA) is 49.8 Å². The minimum absolute atomic E-state index is 0.295. The number of nitrogens with zero attached hydrogens (tertiary/aromatic N) is 1. The summed E-state index contributed by atoms with van der Waals surface area (Å²) in [6.07, 6.45) is 2.77. The molecule has 0 heterocycles. The molecule has 0 aliphatic carbocycles. The molecular weight excluding hydrogens is 170 g/mol. The van der Waals surface area contributed by atoms with Crippen LogP contribution in [0.2, 0.25) is 0 Å². The van der Waals surface area contributed by atoms with Crippen molar-refractivity contribution in [3.63, 3.8) is 0 Å². The molecule has 0 aromatic carbocycles. The summed E-state index contributed by atoms with van der Waals surface area (Å²) >= 11 is 0. The lowest BCUT2D eigenvalue weighted by Crippen LogP contribution is -2.32. The number of carboxylic acid groups (broad SMARTS) is 1. The van der Waals surface area contributed by atoms with E-state index in [1.54, 1.807) is 13.2 Å². The number of hydrogen-bond acceptors (Lipinski definition) is 3. The third-order valence-corrected chi connectivity index (χ3v) is 1.81. The van der Waals surface area contributed by atoms with E-state index in [-0.39, 0.29) is 0 Å². The smallest absolute Gasteiger partial charge is 0.328 e. The maximum absolute atomic E-state index is 10.1. The van der Waals surface area contributed by atoms with Gasteiger partial charge in [-0.25, -0.2) is 4.79 Å². The molecule has 1 unspecified atom stereocenters. The third-order valence-electron chi connectivity index (χ3n) is 1.81. The van der Waals surface area contributed by atoms with Crippen LogP contribution in [0.5, 0.6) is 0 Å². The van der Waals surface area contributed by atoms with Gasteiger partial charge in [-0.2, -0.15) is 0 Å². The Morgan fingerprint density at radius 1 is 1.69 bits per heavy atom. The van der Waals surface area contributed by atoms with Crippen LogP contribution in [0.4, 0.5) is 0 Å². The standard InChI is InChI=1S/C9H17NO3/c1-8(7-13-3)10(2)6-4-5-9(11)12/h4-5,8H,6-7H2,1-3H3,(H,11,12). The van der Waals surface area contributed by atoms with E-state index in [2.05, 4.69) is 0 Å². The molecule has 0 radical (unpaired) electrons. The minimum Gasteiger partial charge on any atom is -0.478 e. The highest BCUT2D eigenvalue weighted by molar-refractivity contribution is 5.79. The summed E-state index contributed by atoms with van der Waals surface area (Å²) in [5.41, 5.74) is 0. The maximum Gasteiger partial charge on any atom is 0.328 e. The molecule has 76 valence electrons. The molecule has 0 aromatic rings. The zero-order chi connectivity index (χ0) is 10.3. The van der Waals surface area contributed by atoms with E-state index in [9.17, 15) is 4.79 Å². The number of aliphatic carboxylic acids is 1. The van der Waals surface area contributed by atoms with Crippen molar-refractivity contribution >= 4 is 5.97 Å². The molecule has 0 aliphatic heterocycles. The zero-order valence-electron chi connectivity index (χ0n) is 8.36. The Labute approximate surface area is 78.8 Å². The summed E-state index contributed by atoms with van der Waals surface area (Å²) in [6, 6.07) is 0.295. The van der Waals surface area contributed by atoms with Crippen molar-refractivity contribution in [2.24, 2.45) is 0 Å². The van der Waals surface area contributed by atoms with E-state index in [1.165, 1.54) is 0 Å². The lowest BCUT2D eigenvalue weighted by Gasteiger charge is -2.22. The largest absolute Gasteiger partial charge is 0.478 e. The molecule has 1 N–H and O–H groups in total. The SMILES string of the molecule is COCC(C)N(C)CC=CC(=O)O. The van der Waals surface area contributed by atoms with Crippen LogP contribution in [0, 0.1) is 0 Å². The van der Waals surface area contributed by atoms with Gasteiger partial charge in [-0.15, -0.1) is 0 Å². The molecule has 0 amide bonds. The Morgan fingerprint density at radius 2 is 2.31 bits per heavy atom. The van der Waals surface area contributed by atoms with E-state index in [0.29, 0.717) is 19.2 Å². The Balaban J connectivity index is 3.72. The lowest BCUT2D eigenvalue weighted by atomic mass is 10.3. The Hall–Kier alpha value is -0.870. The van der Waals surface area contributed by atoms with Gasteiger partial charge in [0.1, 0.15) is 0 Å². The fraction of sp³-hybridized carbons (Fsp3) is 0.667. The summed E-state index contributed by atoms with van der Waals surface area (Å²) in [4.78, 5) is 12.2. The first-order valence-corrected chi connectivity index (χ1v) is 4.16. The van der Waals surface area contributed by atoms with Crippen LogP contribution in [-0.4, -0.2) is 49.3 Å². The van der Waals surface area contributed by atoms with Crippen molar-refractivity contribution in [3.8, 4) is 0 Å². The van der Waals surface area contributed by atoms with Crippen molar-refractivity contribution < 1.29 is 14.6 Å². The third kappa shape index (κ3) is 6.31. The summed E-state index contributed by atoms with van der Waals surface area (Å²) in [7, 11) is 3.58. The number of carboxylic acids is 1. The van der Waals surface area contributed by atoms with Crippen LogP contribution in [0.3, 0.4) is 0 Å². The van der Waals surface area contributed by atoms with Gasteiger partial charge in [-0.1, -0.05) is 6.08 Å². The van der Waals surface area contributed by atoms with Gasteiger partial charge in [0.25, 0.3) is 0 Å². The molecule has 4 nitrogen and oxygen atoms in total. The number of hydrogen-bond donors (Lipinski definition) is 1. The summed E-state index contributed by atoms with van der Waals surface area (Å²) in [5, 5.41) is 8.34. The van der Waals surface area contributed by atoms with E-state index < -0.39 is 5.97 Å². The molecule has 0 spiro atoms. The summed E-state index contributed by atoms with van der Waals surface area (Å²) in [6.45, 7) is 3.30. The van der Waals surface area contributed by atoms with E-state index in [4.69, 9.17) is 9.84 Å². The average Bonchev–Trinajstić information content (AvgIpc) is 2.04. The number of carbonyl (C=O) groups is 1.